The van der Waals surface area contributed by atoms with Gasteiger partial charge in [0.1, 0.15) is 5.75 Å². The van der Waals surface area contributed by atoms with Gasteiger partial charge in [0.25, 0.3) is 0 Å². The SMILES string of the molecule is CNN1CCC[C@@H](c2cc3c(cc2OC)CCOC3(C)C(F)(F)F)[C@H]1c1ccccc1. The first-order chi connectivity index (χ1) is 14.8. The Morgan fingerprint density at radius 3 is 2.58 bits per heavy atom. The zero-order chi connectivity index (χ0) is 22.2. The van der Waals surface area contributed by atoms with Gasteiger partial charge in [-0.05, 0) is 67.6 Å². The Bertz CT molecular complexity index is 919. The van der Waals surface area contributed by atoms with Gasteiger partial charge < -0.3 is 9.47 Å². The van der Waals surface area contributed by atoms with E-state index in [1.54, 1.807) is 19.2 Å². The molecule has 0 amide bonds. The normalized spacial score (nSPS) is 27.0. The molecule has 2 aliphatic heterocycles. The number of halogens is 3. The van der Waals surface area contributed by atoms with Crippen LogP contribution in [-0.2, 0) is 16.8 Å². The highest BCUT2D eigenvalue weighted by atomic mass is 19.4. The first-order valence-corrected chi connectivity index (χ1v) is 10.7. The molecule has 4 nitrogen and oxygen atoms in total. The van der Waals surface area contributed by atoms with Gasteiger partial charge in [-0.15, -0.1) is 0 Å². The topological polar surface area (TPSA) is 33.7 Å². The van der Waals surface area contributed by atoms with E-state index in [-0.39, 0.29) is 24.1 Å². The molecule has 2 aliphatic rings. The van der Waals surface area contributed by atoms with Crippen molar-refractivity contribution in [2.24, 2.45) is 0 Å². The number of alkyl halides is 3. The van der Waals surface area contributed by atoms with E-state index in [1.165, 1.54) is 0 Å². The van der Waals surface area contributed by atoms with Crippen molar-refractivity contribution in [2.75, 3.05) is 27.3 Å². The molecule has 2 heterocycles. The van der Waals surface area contributed by atoms with Crippen molar-refractivity contribution in [3.8, 4) is 5.75 Å². The third kappa shape index (κ3) is 3.83. The van der Waals surface area contributed by atoms with Gasteiger partial charge in [-0.3, -0.25) is 5.43 Å². The number of ether oxygens (including phenoxy) is 2. The molecule has 2 aromatic rings. The Kier molecular flexibility index (Phi) is 6.03. The minimum atomic E-state index is -4.50. The van der Waals surface area contributed by atoms with E-state index in [0.29, 0.717) is 17.7 Å². The molecule has 1 fully saturated rings. The monoisotopic (exact) mass is 434 g/mol. The summed E-state index contributed by atoms with van der Waals surface area (Å²) in [5, 5.41) is 2.17. The van der Waals surface area contributed by atoms with E-state index in [1.807, 2.05) is 25.2 Å². The second-order valence-corrected chi connectivity index (χ2v) is 8.40. The molecule has 0 saturated carbocycles. The molecule has 3 atom stereocenters. The number of hydrogen-bond acceptors (Lipinski definition) is 4. The summed E-state index contributed by atoms with van der Waals surface area (Å²) < 4.78 is 53.2. The van der Waals surface area contributed by atoms with Crippen LogP contribution in [0.25, 0.3) is 0 Å². The first-order valence-electron chi connectivity index (χ1n) is 10.7. The van der Waals surface area contributed by atoms with Gasteiger partial charge >= 0.3 is 6.18 Å². The summed E-state index contributed by atoms with van der Waals surface area (Å²) in [5.41, 5.74) is 3.73. The summed E-state index contributed by atoms with van der Waals surface area (Å²) in [6, 6.07) is 13.6. The fourth-order valence-corrected chi connectivity index (χ4v) is 5.07. The Morgan fingerprint density at radius 2 is 1.94 bits per heavy atom. The molecule has 0 aliphatic carbocycles. The largest absolute Gasteiger partial charge is 0.496 e. The van der Waals surface area contributed by atoms with Crippen LogP contribution in [0.15, 0.2) is 42.5 Å². The molecule has 168 valence electrons. The summed E-state index contributed by atoms with van der Waals surface area (Å²) in [6.07, 6.45) is -2.28. The van der Waals surface area contributed by atoms with Crippen LogP contribution in [0.3, 0.4) is 0 Å². The Morgan fingerprint density at radius 1 is 1.19 bits per heavy atom. The van der Waals surface area contributed by atoms with Crippen LogP contribution in [-0.4, -0.2) is 38.5 Å². The number of nitrogens with zero attached hydrogens (tertiary/aromatic N) is 1. The van der Waals surface area contributed by atoms with Gasteiger partial charge in [-0.25, -0.2) is 5.01 Å². The first kappa shape index (κ1) is 22.1. The van der Waals surface area contributed by atoms with E-state index in [2.05, 4.69) is 22.6 Å². The fraction of sp³-hybridized carbons (Fsp3) is 0.500. The third-order valence-electron chi connectivity index (χ3n) is 6.73. The maximum atomic E-state index is 14.0. The summed E-state index contributed by atoms with van der Waals surface area (Å²) in [4.78, 5) is 0. The Labute approximate surface area is 181 Å². The van der Waals surface area contributed by atoms with Gasteiger partial charge in [0, 0.05) is 12.5 Å². The molecule has 1 N–H and O–H groups in total. The third-order valence-corrected chi connectivity index (χ3v) is 6.73. The summed E-state index contributed by atoms with van der Waals surface area (Å²) in [7, 11) is 3.47. The van der Waals surface area contributed by atoms with Gasteiger partial charge in [-0.1, -0.05) is 30.3 Å². The lowest BCUT2D eigenvalue weighted by Crippen LogP contribution is -2.46. The molecule has 0 radical (unpaired) electrons. The van der Waals surface area contributed by atoms with Crippen LogP contribution in [0.5, 0.6) is 5.75 Å². The van der Waals surface area contributed by atoms with E-state index in [4.69, 9.17) is 9.47 Å². The molecule has 0 spiro atoms. The van der Waals surface area contributed by atoms with E-state index in [9.17, 15) is 13.2 Å². The maximum Gasteiger partial charge on any atom is 0.421 e. The number of nitrogens with one attached hydrogen (secondary N) is 1. The molecule has 0 aromatic heterocycles. The minimum absolute atomic E-state index is 0.0199. The molecule has 2 aromatic carbocycles. The number of rotatable bonds is 4. The van der Waals surface area contributed by atoms with Gasteiger partial charge in [0.2, 0.25) is 0 Å². The van der Waals surface area contributed by atoms with Crippen LogP contribution < -0.4 is 10.2 Å². The number of hydrogen-bond donors (Lipinski definition) is 1. The lowest BCUT2D eigenvalue weighted by Gasteiger charge is -2.43. The number of methoxy groups -OCH3 is 1. The number of fused-ring (bicyclic) bond motifs is 1. The quantitative estimate of drug-likeness (QED) is 0.726. The average molecular weight is 435 g/mol. The van der Waals surface area contributed by atoms with Crippen LogP contribution in [0.2, 0.25) is 0 Å². The van der Waals surface area contributed by atoms with Crippen LogP contribution in [0.4, 0.5) is 13.2 Å². The number of hydrazine groups is 1. The van der Waals surface area contributed by atoms with Crippen LogP contribution in [0.1, 0.15) is 54.0 Å². The van der Waals surface area contributed by atoms with Crippen molar-refractivity contribution in [1.29, 1.82) is 0 Å². The number of piperidine rings is 1. The molecular formula is C24H29F3N2O2. The number of benzene rings is 2. The van der Waals surface area contributed by atoms with E-state index >= 15 is 0 Å². The molecule has 1 unspecified atom stereocenters. The second-order valence-electron chi connectivity index (χ2n) is 8.40. The van der Waals surface area contributed by atoms with Crippen LogP contribution >= 0.6 is 0 Å². The highest BCUT2D eigenvalue weighted by Gasteiger charge is 2.56. The zero-order valence-corrected chi connectivity index (χ0v) is 18.1. The second kappa shape index (κ2) is 8.45. The van der Waals surface area contributed by atoms with Crippen molar-refractivity contribution in [3.05, 3.63) is 64.7 Å². The van der Waals surface area contributed by atoms with Gasteiger partial charge in [-0.2, -0.15) is 13.2 Å². The highest BCUT2D eigenvalue weighted by Crippen LogP contribution is 2.50. The highest BCUT2D eigenvalue weighted by molar-refractivity contribution is 5.49. The smallest absolute Gasteiger partial charge is 0.421 e. The lowest BCUT2D eigenvalue weighted by atomic mass is 9.77. The standard InChI is InChI=1S/C24H29F3N2O2/c1-23(24(25,26)27)20-15-19(21(30-3)14-17(20)11-13-31-23)18-10-7-12-29(28-2)22(18)16-8-5-4-6-9-16/h4-6,8-9,14-15,18,22,28H,7,10-13H2,1-3H3/t18-,22+,23?/m0/s1. The van der Waals surface area contributed by atoms with E-state index in [0.717, 1.165) is 37.4 Å². The average Bonchev–Trinajstić information content (AvgIpc) is 2.77. The molecule has 7 heteroatoms. The van der Waals surface area contributed by atoms with Crippen molar-refractivity contribution in [1.82, 2.24) is 10.4 Å². The van der Waals surface area contributed by atoms with Crippen molar-refractivity contribution in [3.63, 3.8) is 0 Å². The Hall–Kier alpha value is -2.09. The van der Waals surface area contributed by atoms with Gasteiger partial charge in [0.15, 0.2) is 5.60 Å². The summed E-state index contributed by atoms with van der Waals surface area (Å²) in [5.74, 6) is 0.623. The predicted octanol–water partition coefficient (Wildman–Crippen LogP) is 5.10. The Balaban J connectivity index is 1.87. The summed E-state index contributed by atoms with van der Waals surface area (Å²) >= 11 is 0. The van der Waals surface area contributed by atoms with Crippen molar-refractivity contribution < 1.29 is 22.6 Å². The van der Waals surface area contributed by atoms with Gasteiger partial charge in [0.05, 0.1) is 19.8 Å². The van der Waals surface area contributed by atoms with Crippen molar-refractivity contribution in [2.45, 2.75) is 49.9 Å². The summed E-state index contributed by atoms with van der Waals surface area (Å²) in [6.45, 7) is 2.04. The van der Waals surface area contributed by atoms with Crippen LogP contribution in [0, 0.1) is 0 Å². The molecule has 4 rings (SSSR count). The molecule has 0 bridgehead atoms. The molecule has 31 heavy (non-hydrogen) atoms. The van der Waals surface area contributed by atoms with Crippen molar-refractivity contribution >= 4 is 0 Å². The van der Waals surface area contributed by atoms with E-state index < -0.39 is 11.8 Å². The maximum absolute atomic E-state index is 14.0. The zero-order valence-electron chi connectivity index (χ0n) is 18.1. The molecular weight excluding hydrogens is 405 g/mol. The fourth-order valence-electron chi connectivity index (χ4n) is 5.07. The lowest BCUT2D eigenvalue weighted by molar-refractivity contribution is -0.281. The predicted molar refractivity (Wildman–Crippen MR) is 113 cm³/mol. The minimum Gasteiger partial charge on any atom is -0.496 e. The molecule has 1 saturated heterocycles.